The highest BCUT2D eigenvalue weighted by Gasteiger charge is 2.17. The number of halogens is 1. The van der Waals surface area contributed by atoms with Gasteiger partial charge in [0.2, 0.25) is 0 Å². The molecule has 0 saturated heterocycles. The van der Waals surface area contributed by atoms with Crippen molar-refractivity contribution >= 4 is 21.7 Å². The molecule has 0 atom stereocenters. The lowest BCUT2D eigenvalue weighted by Gasteiger charge is -2.08. The van der Waals surface area contributed by atoms with Crippen LogP contribution in [0.3, 0.4) is 0 Å². The molecule has 0 N–H and O–H groups in total. The Balaban J connectivity index is 2.32. The molecule has 4 heteroatoms. The summed E-state index contributed by atoms with van der Waals surface area (Å²) in [6.45, 7) is 8.76. The first-order valence-corrected chi connectivity index (χ1v) is 7.55. The van der Waals surface area contributed by atoms with Crippen LogP contribution in [0.15, 0.2) is 22.7 Å². The van der Waals surface area contributed by atoms with Crippen LogP contribution in [-0.4, -0.2) is 15.6 Å². The van der Waals surface area contributed by atoms with E-state index in [-0.39, 0.29) is 5.78 Å². The lowest BCUT2D eigenvalue weighted by Crippen LogP contribution is -2.11. The highest BCUT2D eigenvalue weighted by molar-refractivity contribution is 9.10. The molecule has 2 rings (SSSR count). The van der Waals surface area contributed by atoms with Crippen LogP contribution in [0, 0.1) is 20.8 Å². The maximum Gasteiger partial charge on any atom is 0.169 e. The molecular formula is C16H19BrN2O. The molecule has 106 valence electrons. The summed E-state index contributed by atoms with van der Waals surface area (Å²) in [5, 5.41) is 4.43. The highest BCUT2D eigenvalue weighted by Crippen LogP contribution is 2.23. The second-order valence-electron chi connectivity index (χ2n) is 5.08. The Labute approximate surface area is 128 Å². The van der Waals surface area contributed by atoms with E-state index in [1.807, 2.05) is 50.6 Å². The summed E-state index contributed by atoms with van der Waals surface area (Å²) in [5.74, 6) is 0.137. The zero-order valence-corrected chi connectivity index (χ0v) is 13.9. The fourth-order valence-electron chi connectivity index (χ4n) is 2.41. The Kier molecular flexibility index (Phi) is 4.43. The molecule has 0 unspecified atom stereocenters. The Morgan fingerprint density at radius 3 is 2.60 bits per heavy atom. The largest absolute Gasteiger partial charge is 0.294 e. The van der Waals surface area contributed by atoms with Crippen LogP contribution >= 0.6 is 15.9 Å². The van der Waals surface area contributed by atoms with Gasteiger partial charge in [-0.25, -0.2) is 0 Å². The van der Waals surface area contributed by atoms with Crippen molar-refractivity contribution < 1.29 is 4.79 Å². The molecule has 1 aromatic heterocycles. The smallest absolute Gasteiger partial charge is 0.169 e. The minimum absolute atomic E-state index is 0.137. The van der Waals surface area contributed by atoms with E-state index in [4.69, 9.17) is 0 Å². The topological polar surface area (TPSA) is 34.9 Å². The Morgan fingerprint density at radius 2 is 2.00 bits per heavy atom. The van der Waals surface area contributed by atoms with Crippen LogP contribution in [-0.2, 0) is 13.0 Å². The zero-order chi connectivity index (χ0) is 14.9. The van der Waals surface area contributed by atoms with Crippen LogP contribution < -0.4 is 0 Å². The van der Waals surface area contributed by atoms with Gasteiger partial charge in [-0.05, 0) is 49.2 Å². The van der Waals surface area contributed by atoms with Crippen LogP contribution in [0.5, 0.6) is 0 Å². The van der Waals surface area contributed by atoms with Crippen molar-refractivity contribution in [2.75, 3.05) is 0 Å². The number of hydrogen-bond acceptors (Lipinski definition) is 2. The van der Waals surface area contributed by atoms with E-state index in [9.17, 15) is 4.79 Å². The van der Waals surface area contributed by atoms with Gasteiger partial charge in [0, 0.05) is 12.1 Å². The molecule has 0 aliphatic carbocycles. The number of hydrogen-bond donors (Lipinski definition) is 0. The Morgan fingerprint density at radius 1 is 1.30 bits per heavy atom. The lowest BCUT2D eigenvalue weighted by atomic mass is 9.99. The maximum absolute atomic E-state index is 12.5. The van der Waals surface area contributed by atoms with Crippen molar-refractivity contribution in [2.45, 2.75) is 40.7 Å². The third kappa shape index (κ3) is 2.85. The summed E-state index contributed by atoms with van der Waals surface area (Å²) in [4.78, 5) is 12.5. The highest BCUT2D eigenvalue weighted by atomic mass is 79.9. The van der Waals surface area contributed by atoms with E-state index in [1.165, 1.54) is 5.56 Å². The Hall–Kier alpha value is -1.42. The number of aryl methyl sites for hydroxylation is 4. The van der Waals surface area contributed by atoms with Gasteiger partial charge < -0.3 is 0 Å². The quantitative estimate of drug-likeness (QED) is 0.791. The molecule has 20 heavy (non-hydrogen) atoms. The van der Waals surface area contributed by atoms with Crippen molar-refractivity contribution in [3.8, 4) is 0 Å². The van der Waals surface area contributed by atoms with Crippen molar-refractivity contribution in [1.29, 1.82) is 0 Å². The zero-order valence-electron chi connectivity index (χ0n) is 12.3. The van der Waals surface area contributed by atoms with Gasteiger partial charge in [0.25, 0.3) is 0 Å². The molecule has 0 amide bonds. The normalized spacial score (nSPS) is 10.8. The molecule has 2 aromatic rings. The second kappa shape index (κ2) is 5.92. The molecule has 1 heterocycles. The van der Waals surface area contributed by atoms with Gasteiger partial charge in [0.05, 0.1) is 22.3 Å². The van der Waals surface area contributed by atoms with E-state index in [0.29, 0.717) is 6.42 Å². The first kappa shape index (κ1) is 15.0. The number of carbonyl (C=O) groups is 1. The summed E-state index contributed by atoms with van der Waals surface area (Å²) in [7, 11) is 0. The van der Waals surface area contributed by atoms with Crippen molar-refractivity contribution in [3.05, 3.63) is 50.8 Å². The third-order valence-corrected chi connectivity index (χ3v) is 4.49. The molecule has 1 aromatic carbocycles. The van der Waals surface area contributed by atoms with Crippen molar-refractivity contribution in [1.82, 2.24) is 9.78 Å². The molecule has 0 aliphatic rings. The van der Waals surface area contributed by atoms with Gasteiger partial charge in [-0.2, -0.15) is 5.10 Å². The second-order valence-corrected chi connectivity index (χ2v) is 5.87. The Bertz CT molecular complexity index is 659. The average molecular weight is 335 g/mol. The fourth-order valence-corrected chi connectivity index (χ4v) is 2.84. The lowest BCUT2D eigenvalue weighted by molar-refractivity contribution is 0.0990. The van der Waals surface area contributed by atoms with Gasteiger partial charge >= 0.3 is 0 Å². The monoisotopic (exact) mass is 334 g/mol. The van der Waals surface area contributed by atoms with Gasteiger partial charge in [-0.1, -0.05) is 23.8 Å². The van der Waals surface area contributed by atoms with Crippen LogP contribution in [0.1, 0.15) is 39.8 Å². The van der Waals surface area contributed by atoms with E-state index in [2.05, 4.69) is 21.0 Å². The summed E-state index contributed by atoms with van der Waals surface area (Å²) < 4.78 is 2.83. The van der Waals surface area contributed by atoms with Crippen molar-refractivity contribution in [2.24, 2.45) is 0 Å². The number of carbonyl (C=O) groups excluding carboxylic acids is 1. The predicted octanol–water partition coefficient (Wildman–Crippen LogP) is 4.02. The molecule has 0 radical (unpaired) electrons. The number of rotatable bonds is 4. The first-order valence-electron chi connectivity index (χ1n) is 6.76. The predicted molar refractivity (Wildman–Crippen MR) is 84.3 cm³/mol. The summed E-state index contributed by atoms with van der Waals surface area (Å²) in [6, 6.07) is 5.95. The minimum atomic E-state index is 0.137. The number of aromatic nitrogens is 2. The van der Waals surface area contributed by atoms with E-state index in [0.717, 1.165) is 33.5 Å². The van der Waals surface area contributed by atoms with E-state index < -0.39 is 0 Å². The van der Waals surface area contributed by atoms with E-state index in [1.54, 1.807) is 0 Å². The number of nitrogens with zero attached hydrogens (tertiary/aromatic N) is 2. The van der Waals surface area contributed by atoms with Gasteiger partial charge in [0.1, 0.15) is 0 Å². The maximum atomic E-state index is 12.5. The van der Waals surface area contributed by atoms with Crippen LogP contribution in [0.25, 0.3) is 0 Å². The fraction of sp³-hybridized carbons (Fsp3) is 0.375. The summed E-state index contributed by atoms with van der Waals surface area (Å²) in [5.41, 5.74) is 4.88. The summed E-state index contributed by atoms with van der Waals surface area (Å²) >= 11 is 3.54. The number of benzene rings is 1. The minimum Gasteiger partial charge on any atom is -0.294 e. The van der Waals surface area contributed by atoms with E-state index >= 15 is 0 Å². The molecule has 0 fully saturated rings. The first-order chi connectivity index (χ1) is 9.43. The average Bonchev–Trinajstić information content (AvgIpc) is 2.66. The van der Waals surface area contributed by atoms with Crippen molar-refractivity contribution in [3.63, 3.8) is 0 Å². The standard InChI is InChI=1S/C16H19BrN2O/c1-5-19-14(16(17)12(4)18-19)9-15(20)13-7-6-10(2)8-11(13)3/h6-8H,5,9H2,1-4H3. The SMILES string of the molecule is CCn1nc(C)c(Br)c1CC(=O)c1ccc(C)cc1C. The molecule has 0 spiro atoms. The number of ketones is 1. The summed E-state index contributed by atoms with van der Waals surface area (Å²) in [6.07, 6.45) is 0.374. The van der Waals surface area contributed by atoms with Gasteiger partial charge in [-0.15, -0.1) is 0 Å². The third-order valence-electron chi connectivity index (χ3n) is 3.46. The van der Waals surface area contributed by atoms with Gasteiger partial charge in [-0.3, -0.25) is 9.48 Å². The number of Topliss-reactive ketones (excluding diaryl/α,β-unsaturated/α-hetero) is 1. The van der Waals surface area contributed by atoms with Crippen LogP contribution in [0.2, 0.25) is 0 Å². The molecule has 0 bridgehead atoms. The molecule has 0 saturated carbocycles. The van der Waals surface area contributed by atoms with Gasteiger partial charge in [0.15, 0.2) is 5.78 Å². The van der Waals surface area contributed by atoms with Crippen LogP contribution in [0.4, 0.5) is 0 Å². The molecule has 0 aliphatic heterocycles. The molecular weight excluding hydrogens is 316 g/mol. The molecule has 3 nitrogen and oxygen atoms in total.